The van der Waals surface area contributed by atoms with Crippen molar-refractivity contribution in [1.29, 1.82) is 5.41 Å². The molecule has 1 aliphatic heterocycles. The van der Waals surface area contributed by atoms with E-state index in [1.807, 2.05) is 23.1 Å². The fraction of sp³-hybridized carbons (Fsp3) is 0.364. The normalized spacial score (nSPS) is 15.9. The number of hydrogen-bond acceptors (Lipinski definition) is 2. The Labute approximate surface area is 99.7 Å². The van der Waals surface area contributed by atoms with Gasteiger partial charge in [-0.1, -0.05) is 23.7 Å². The van der Waals surface area contributed by atoms with Gasteiger partial charge in [0, 0.05) is 13.1 Å². The zero-order valence-corrected chi connectivity index (χ0v) is 9.63. The number of rotatable bonds is 1. The SMILES string of the molecule is N=C(Nc1ccccc1Cl)N1CCOCC1. The molecule has 5 heteroatoms. The number of halogens is 1. The van der Waals surface area contributed by atoms with E-state index in [9.17, 15) is 0 Å². The van der Waals surface area contributed by atoms with Crippen LogP contribution in [0, 0.1) is 5.41 Å². The van der Waals surface area contributed by atoms with Crippen LogP contribution in [0.3, 0.4) is 0 Å². The van der Waals surface area contributed by atoms with Gasteiger partial charge in [0.05, 0.1) is 23.9 Å². The molecule has 1 aromatic carbocycles. The molecule has 86 valence electrons. The van der Waals surface area contributed by atoms with Crippen LogP contribution in [0.2, 0.25) is 5.02 Å². The summed E-state index contributed by atoms with van der Waals surface area (Å²) in [4.78, 5) is 1.94. The van der Waals surface area contributed by atoms with Crippen LogP contribution >= 0.6 is 11.6 Å². The predicted molar refractivity (Wildman–Crippen MR) is 65.2 cm³/mol. The Kier molecular flexibility index (Phi) is 3.64. The summed E-state index contributed by atoms with van der Waals surface area (Å²) < 4.78 is 5.23. The summed E-state index contributed by atoms with van der Waals surface area (Å²) in [6, 6.07) is 7.42. The zero-order chi connectivity index (χ0) is 11.4. The fourth-order valence-electron chi connectivity index (χ4n) is 1.56. The van der Waals surface area contributed by atoms with Gasteiger partial charge in [-0.3, -0.25) is 5.41 Å². The molecular formula is C11H14ClN3O. The van der Waals surface area contributed by atoms with Gasteiger partial charge in [0.25, 0.3) is 0 Å². The highest BCUT2D eigenvalue weighted by molar-refractivity contribution is 6.33. The molecule has 4 nitrogen and oxygen atoms in total. The van der Waals surface area contributed by atoms with Crippen molar-refractivity contribution in [3.63, 3.8) is 0 Å². The fourth-order valence-corrected chi connectivity index (χ4v) is 1.74. The second-order valence-corrected chi connectivity index (χ2v) is 3.96. The van der Waals surface area contributed by atoms with Crippen molar-refractivity contribution in [2.45, 2.75) is 0 Å². The van der Waals surface area contributed by atoms with Crippen molar-refractivity contribution in [3.05, 3.63) is 29.3 Å². The molecule has 0 spiro atoms. The summed E-state index contributed by atoms with van der Waals surface area (Å²) in [6.07, 6.45) is 0. The quantitative estimate of drug-likeness (QED) is 0.582. The van der Waals surface area contributed by atoms with Crippen LogP contribution in [-0.2, 0) is 4.74 Å². The number of anilines is 1. The van der Waals surface area contributed by atoms with Crippen molar-refractivity contribution in [2.75, 3.05) is 31.6 Å². The van der Waals surface area contributed by atoms with Gasteiger partial charge in [0.2, 0.25) is 0 Å². The van der Waals surface area contributed by atoms with E-state index in [2.05, 4.69) is 5.32 Å². The molecule has 0 saturated carbocycles. The molecule has 0 bridgehead atoms. The lowest BCUT2D eigenvalue weighted by molar-refractivity contribution is 0.0677. The van der Waals surface area contributed by atoms with Gasteiger partial charge < -0.3 is 15.0 Å². The third kappa shape index (κ3) is 2.65. The number of ether oxygens (including phenoxy) is 1. The van der Waals surface area contributed by atoms with Gasteiger partial charge >= 0.3 is 0 Å². The standard InChI is InChI=1S/C11H14ClN3O/c12-9-3-1-2-4-10(9)14-11(13)15-5-7-16-8-6-15/h1-4H,5-8H2,(H2,13,14). The Hall–Kier alpha value is -1.26. The number of nitrogens with one attached hydrogen (secondary N) is 2. The number of para-hydroxylation sites is 1. The smallest absolute Gasteiger partial charge is 0.195 e. The number of benzene rings is 1. The molecule has 0 aliphatic carbocycles. The van der Waals surface area contributed by atoms with Crippen molar-refractivity contribution < 1.29 is 4.74 Å². The van der Waals surface area contributed by atoms with E-state index in [-0.39, 0.29) is 0 Å². The average Bonchev–Trinajstić information content (AvgIpc) is 2.33. The van der Waals surface area contributed by atoms with Crippen LogP contribution in [0.1, 0.15) is 0 Å². The van der Waals surface area contributed by atoms with Gasteiger partial charge in [-0.2, -0.15) is 0 Å². The number of guanidine groups is 1. The summed E-state index contributed by atoms with van der Waals surface area (Å²) in [5.41, 5.74) is 0.764. The molecule has 0 atom stereocenters. The van der Waals surface area contributed by atoms with Crippen LogP contribution in [0.15, 0.2) is 24.3 Å². The molecule has 2 rings (SSSR count). The highest BCUT2D eigenvalue weighted by Crippen LogP contribution is 2.20. The van der Waals surface area contributed by atoms with Gasteiger partial charge in [-0.15, -0.1) is 0 Å². The zero-order valence-electron chi connectivity index (χ0n) is 8.87. The highest BCUT2D eigenvalue weighted by atomic mass is 35.5. The number of morpholine rings is 1. The van der Waals surface area contributed by atoms with Crippen LogP contribution < -0.4 is 5.32 Å². The Balaban J connectivity index is 1.99. The topological polar surface area (TPSA) is 48.4 Å². The Morgan fingerprint density at radius 1 is 1.31 bits per heavy atom. The van der Waals surface area contributed by atoms with Crippen molar-refractivity contribution in [3.8, 4) is 0 Å². The number of hydrogen-bond donors (Lipinski definition) is 2. The Morgan fingerprint density at radius 3 is 2.69 bits per heavy atom. The first-order chi connectivity index (χ1) is 7.77. The minimum Gasteiger partial charge on any atom is -0.378 e. The molecule has 1 heterocycles. The first-order valence-corrected chi connectivity index (χ1v) is 5.58. The Morgan fingerprint density at radius 2 is 2.00 bits per heavy atom. The number of nitrogens with zero attached hydrogens (tertiary/aromatic N) is 1. The molecule has 1 aliphatic rings. The van der Waals surface area contributed by atoms with Crippen LogP contribution in [0.25, 0.3) is 0 Å². The molecule has 0 unspecified atom stereocenters. The lowest BCUT2D eigenvalue weighted by atomic mass is 10.3. The summed E-state index contributed by atoms with van der Waals surface area (Å²) in [6.45, 7) is 2.84. The van der Waals surface area contributed by atoms with E-state index in [0.717, 1.165) is 18.8 Å². The lowest BCUT2D eigenvalue weighted by Gasteiger charge is -2.29. The van der Waals surface area contributed by atoms with E-state index in [0.29, 0.717) is 24.2 Å². The van der Waals surface area contributed by atoms with E-state index >= 15 is 0 Å². The molecule has 0 radical (unpaired) electrons. The molecule has 16 heavy (non-hydrogen) atoms. The molecule has 0 amide bonds. The first kappa shape index (κ1) is 11.2. The minimum atomic E-state index is 0.372. The summed E-state index contributed by atoms with van der Waals surface area (Å²) >= 11 is 6.00. The third-order valence-corrected chi connectivity index (χ3v) is 2.78. The Bertz CT molecular complexity index is 377. The van der Waals surface area contributed by atoms with Gasteiger partial charge in [-0.05, 0) is 12.1 Å². The predicted octanol–water partition coefficient (Wildman–Crippen LogP) is 2.02. The van der Waals surface area contributed by atoms with Crippen molar-refractivity contribution in [1.82, 2.24) is 4.90 Å². The monoisotopic (exact) mass is 239 g/mol. The van der Waals surface area contributed by atoms with Gasteiger partial charge in [-0.25, -0.2) is 0 Å². The molecule has 0 aromatic heterocycles. The lowest BCUT2D eigenvalue weighted by Crippen LogP contribution is -2.43. The maximum Gasteiger partial charge on any atom is 0.195 e. The second-order valence-electron chi connectivity index (χ2n) is 3.55. The summed E-state index contributed by atoms with van der Waals surface area (Å²) in [7, 11) is 0. The van der Waals surface area contributed by atoms with Gasteiger partial charge in [0.1, 0.15) is 0 Å². The molecule has 1 saturated heterocycles. The average molecular weight is 240 g/mol. The third-order valence-electron chi connectivity index (χ3n) is 2.45. The summed E-state index contributed by atoms with van der Waals surface area (Å²) in [5, 5.41) is 11.5. The largest absolute Gasteiger partial charge is 0.378 e. The molecule has 1 aromatic rings. The highest BCUT2D eigenvalue weighted by Gasteiger charge is 2.14. The van der Waals surface area contributed by atoms with Crippen molar-refractivity contribution in [2.24, 2.45) is 0 Å². The van der Waals surface area contributed by atoms with E-state index < -0.39 is 0 Å². The maximum atomic E-state index is 7.92. The molecular weight excluding hydrogens is 226 g/mol. The molecule has 2 N–H and O–H groups in total. The molecule has 1 fully saturated rings. The second kappa shape index (κ2) is 5.18. The van der Waals surface area contributed by atoms with Crippen LogP contribution in [-0.4, -0.2) is 37.2 Å². The van der Waals surface area contributed by atoms with E-state index in [1.54, 1.807) is 6.07 Å². The first-order valence-electron chi connectivity index (χ1n) is 5.20. The van der Waals surface area contributed by atoms with Gasteiger partial charge in [0.15, 0.2) is 5.96 Å². The minimum absolute atomic E-state index is 0.372. The summed E-state index contributed by atoms with van der Waals surface area (Å²) in [5.74, 6) is 0.372. The van der Waals surface area contributed by atoms with Crippen molar-refractivity contribution >= 4 is 23.2 Å². The van der Waals surface area contributed by atoms with E-state index in [1.165, 1.54) is 0 Å². The maximum absolute atomic E-state index is 7.92. The van der Waals surface area contributed by atoms with E-state index in [4.69, 9.17) is 21.7 Å². The van der Waals surface area contributed by atoms with Crippen LogP contribution in [0.4, 0.5) is 5.69 Å². The van der Waals surface area contributed by atoms with Crippen LogP contribution in [0.5, 0.6) is 0 Å².